The lowest BCUT2D eigenvalue weighted by atomic mass is 10.1. The fourth-order valence-corrected chi connectivity index (χ4v) is 1.74. The van der Waals surface area contributed by atoms with Crippen LogP contribution in [0.1, 0.15) is 18.1 Å². The second-order valence-electron chi connectivity index (χ2n) is 4.58. The molecule has 2 N–H and O–H groups in total. The maximum atomic E-state index is 12.6. The summed E-state index contributed by atoms with van der Waals surface area (Å²) in [5, 5.41) is 4.21. The number of halogens is 4. The molecule has 136 valence electrons. The lowest BCUT2D eigenvalue weighted by Crippen LogP contribution is -2.41. The van der Waals surface area contributed by atoms with Crippen molar-refractivity contribution in [3.05, 3.63) is 40.4 Å². The SMILES string of the molecule is CCNC(=O)NC(=O)COC(=O)/C=C/c1cc(C(F)(F)F)ccc1Cl. The molecule has 0 bridgehead atoms. The van der Waals surface area contributed by atoms with Gasteiger partial charge in [-0.15, -0.1) is 0 Å². The molecule has 0 fully saturated rings. The smallest absolute Gasteiger partial charge is 0.416 e. The van der Waals surface area contributed by atoms with Crippen LogP contribution in [0.25, 0.3) is 6.08 Å². The van der Waals surface area contributed by atoms with Gasteiger partial charge in [-0.25, -0.2) is 9.59 Å². The van der Waals surface area contributed by atoms with E-state index in [0.29, 0.717) is 6.54 Å². The number of hydrogen-bond donors (Lipinski definition) is 2. The highest BCUT2D eigenvalue weighted by Gasteiger charge is 2.30. The predicted molar refractivity (Wildman–Crippen MR) is 83.7 cm³/mol. The monoisotopic (exact) mass is 378 g/mol. The van der Waals surface area contributed by atoms with Gasteiger partial charge >= 0.3 is 18.2 Å². The van der Waals surface area contributed by atoms with Crippen molar-refractivity contribution in [2.24, 2.45) is 0 Å². The first kappa shape index (κ1) is 20.5. The normalized spacial score (nSPS) is 11.2. The quantitative estimate of drug-likeness (QED) is 0.609. The molecule has 0 aromatic heterocycles. The van der Waals surface area contributed by atoms with Gasteiger partial charge in [0.2, 0.25) is 0 Å². The van der Waals surface area contributed by atoms with Crippen LogP contribution in [0.3, 0.4) is 0 Å². The second kappa shape index (κ2) is 9.07. The number of alkyl halides is 3. The Balaban J connectivity index is 2.62. The van der Waals surface area contributed by atoms with Crippen LogP contribution in [0.4, 0.5) is 18.0 Å². The second-order valence-corrected chi connectivity index (χ2v) is 4.99. The molecule has 0 radical (unpaired) electrons. The van der Waals surface area contributed by atoms with Crippen molar-refractivity contribution in [2.45, 2.75) is 13.1 Å². The number of urea groups is 1. The molecule has 25 heavy (non-hydrogen) atoms. The van der Waals surface area contributed by atoms with Gasteiger partial charge in [-0.1, -0.05) is 11.6 Å². The van der Waals surface area contributed by atoms with Crippen LogP contribution in [0, 0.1) is 0 Å². The number of esters is 1. The molecule has 10 heteroatoms. The van der Waals surface area contributed by atoms with Gasteiger partial charge in [0.1, 0.15) is 0 Å². The first-order valence-electron chi connectivity index (χ1n) is 6.92. The van der Waals surface area contributed by atoms with Gasteiger partial charge in [0, 0.05) is 17.6 Å². The maximum absolute atomic E-state index is 12.6. The highest BCUT2D eigenvalue weighted by molar-refractivity contribution is 6.32. The molecule has 1 aromatic carbocycles. The number of amides is 3. The van der Waals surface area contributed by atoms with E-state index >= 15 is 0 Å². The van der Waals surface area contributed by atoms with Crippen molar-refractivity contribution < 1.29 is 32.3 Å². The first-order valence-corrected chi connectivity index (χ1v) is 7.30. The fourth-order valence-electron chi connectivity index (χ4n) is 1.56. The van der Waals surface area contributed by atoms with Crippen LogP contribution in [0.2, 0.25) is 5.02 Å². The molecule has 0 aliphatic carbocycles. The molecule has 0 heterocycles. The minimum Gasteiger partial charge on any atom is -0.452 e. The van der Waals surface area contributed by atoms with Crippen molar-refractivity contribution in [1.82, 2.24) is 10.6 Å². The highest BCUT2D eigenvalue weighted by Crippen LogP contribution is 2.32. The Morgan fingerprint density at radius 2 is 1.96 bits per heavy atom. The minimum absolute atomic E-state index is 0.00558. The van der Waals surface area contributed by atoms with Crippen LogP contribution >= 0.6 is 11.6 Å². The topological polar surface area (TPSA) is 84.5 Å². The molecule has 0 aliphatic heterocycles. The van der Waals surface area contributed by atoms with Crippen LogP contribution in [-0.2, 0) is 20.5 Å². The third-order valence-electron chi connectivity index (χ3n) is 2.66. The van der Waals surface area contributed by atoms with Crippen molar-refractivity contribution >= 4 is 35.6 Å². The van der Waals surface area contributed by atoms with E-state index in [2.05, 4.69) is 10.1 Å². The van der Waals surface area contributed by atoms with E-state index in [4.69, 9.17) is 11.6 Å². The van der Waals surface area contributed by atoms with Crippen molar-refractivity contribution in [3.8, 4) is 0 Å². The van der Waals surface area contributed by atoms with Gasteiger partial charge in [0.05, 0.1) is 5.56 Å². The molecule has 1 aromatic rings. The number of nitrogens with one attached hydrogen (secondary N) is 2. The summed E-state index contributed by atoms with van der Waals surface area (Å²) in [6.45, 7) is 1.23. The van der Waals surface area contributed by atoms with Crippen molar-refractivity contribution in [1.29, 1.82) is 0 Å². The molecule has 0 atom stereocenters. The number of rotatable bonds is 5. The average Bonchev–Trinajstić information content (AvgIpc) is 2.51. The van der Waals surface area contributed by atoms with Gasteiger partial charge < -0.3 is 10.1 Å². The lowest BCUT2D eigenvalue weighted by molar-refractivity contribution is -0.143. The van der Waals surface area contributed by atoms with Gasteiger partial charge in [-0.05, 0) is 36.8 Å². The van der Waals surface area contributed by atoms with Gasteiger partial charge in [-0.3, -0.25) is 10.1 Å². The van der Waals surface area contributed by atoms with Crippen LogP contribution in [0.15, 0.2) is 24.3 Å². The predicted octanol–water partition coefficient (Wildman–Crippen LogP) is 2.76. The molecule has 1 rings (SSSR count). The number of hydrogen-bond acceptors (Lipinski definition) is 4. The number of carbonyl (C=O) groups is 3. The van der Waals surface area contributed by atoms with Gasteiger partial charge in [0.15, 0.2) is 6.61 Å². The third-order valence-corrected chi connectivity index (χ3v) is 3.00. The Morgan fingerprint density at radius 1 is 1.28 bits per heavy atom. The summed E-state index contributed by atoms with van der Waals surface area (Å²) in [5.74, 6) is -1.84. The van der Waals surface area contributed by atoms with Gasteiger partial charge in [-0.2, -0.15) is 13.2 Å². The van der Waals surface area contributed by atoms with Gasteiger partial charge in [0.25, 0.3) is 5.91 Å². The van der Waals surface area contributed by atoms with E-state index in [9.17, 15) is 27.6 Å². The largest absolute Gasteiger partial charge is 0.452 e. The van der Waals surface area contributed by atoms with E-state index in [1.165, 1.54) is 0 Å². The number of imide groups is 1. The minimum atomic E-state index is -4.55. The summed E-state index contributed by atoms with van der Waals surface area (Å²) in [6, 6.07) is 1.89. The third kappa shape index (κ3) is 7.25. The molecule has 0 spiro atoms. The summed E-state index contributed by atoms with van der Waals surface area (Å²) >= 11 is 5.76. The van der Waals surface area contributed by atoms with Crippen LogP contribution in [0.5, 0.6) is 0 Å². The highest BCUT2D eigenvalue weighted by atomic mass is 35.5. The van der Waals surface area contributed by atoms with Crippen LogP contribution < -0.4 is 10.6 Å². The van der Waals surface area contributed by atoms with E-state index in [1.54, 1.807) is 6.92 Å². The fraction of sp³-hybridized carbons (Fsp3) is 0.267. The zero-order valence-electron chi connectivity index (χ0n) is 12.9. The lowest BCUT2D eigenvalue weighted by Gasteiger charge is -2.08. The summed E-state index contributed by atoms with van der Waals surface area (Å²) < 4.78 is 42.5. The summed E-state index contributed by atoms with van der Waals surface area (Å²) in [5.41, 5.74) is -0.966. The molecule has 3 amide bonds. The van der Waals surface area contributed by atoms with E-state index in [0.717, 1.165) is 30.4 Å². The van der Waals surface area contributed by atoms with Crippen molar-refractivity contribution in [2.75, 3.05) is 13.2 Å². The zero-order valence-corrected chi connectivity index (χ0v) is 13.7. The standard InChI is InChI=1S/C15H14ClF3N2O4/c1-2-20-14(24)21-12(22)8-25-13(23)6-3-9-7-10(15(17,18)19)4-5-11(9)16/h3-7H,2,8H2,1H3,(H2,20,21,22,24)/b6-3+. The molecule has 6 nitrogen and oxygen atoms in total. The van der Waals surface area contributed by atoms with Crippen LogP contribution in [-0.4, -0.2) is 31.1 Å². The van der Waals surface area contributed by atoms with E-state index in [1.807, 2.05) is 5.32 Å². The number of benzene rings is 1. The summed E-state index contributed by atoms with van der Waals surface area (Å²) in [7, 11) is 0. The molecular weight excluding hydrogens is 365 g/mol. The Bertz CT molecular complexity index is 690. The molecule has 0 saturated heterocycles. The molecule has 0 saturated carbocycles. The van der Waals surface area contributed by atoms with E-state index in [-0.39, 0.29) is 10.6 Å². The Labute approximate surface area is 146 Å². The van der Waals surface area contributed by atoms with Crippen molar-refractivity contribution in [3.63, 3.8) is 0 Å². The summed E-state index contributed by atoms with van der Waals surface area (Å²) in [6.07, 6.45) is -2.70. The van der Waals surface area contributed by atoms with E-state index < -0.39 is 36.3 Å². The number of carbonyl (C=O) groups excluding carboxylic acids is 3. The maximum Gasteiger partial charge on any atom is 0.416 e. The molecule has 0 unspecified atom stereocenters. The Hall–Kier alpha value is -2.55. The molecular formula is C15H14ClF3N2O4. The first-order chi connectivity index (χ1) is 11.6. The Kier molecular flexibility index (Phi) is 7.43. The Morgan fingerprint density at radius 3 is 2.56 bits per heavy atom. The zero-order chi connectivity index (χ0) is 19.0. The summed E-state index contributed by atoms with van der Waals surface area (Å²) in [4.78, 5) is 33.8. The average molecular weight is 379 g/mol. The number of ether oxygens (including phenoxy) is 1. The molecule has 0 aliphatic rings.